The second-order valence-electron chi connectivity index (χ2n) is 1.89. The van der Waals surface area contributed by atoms with Crippen LogP contribution in [0, 0.1) is 0 Å². The Labute approximate surface area is 79.6 Å². The van der Waals surface area contributed by atoms with Gasteiger partial charge in [-0.2, -0.15) is 22.0 Å². The van der Waals surface area contributed by atoms with E-state index in [1.165, 1.54) is 0 Å². The molecule has 0 aliphatic rings. The zero-order chi connectivity index (χ0) is 10.2. The van der Waals surface area contributed by atoms with Crippen LogP contribution < -0.4 is 0 Å². The Bertz CT molecular complexity index is 132. The molecular formula is C4H2Cl3F5. The predicted molar refractivity (Wildman–Crippen MR) is 36.1 cm³/mol. The number of rotatable bonds is 2. The summed E-state index contributed by atoms with van der Waals surface area (Å²) in [5.41, 5.74) is 0. The van der Waals surface area contributed by atoms with Crippen LogP contribution in [0.5, 0.6) is 0 Å². The van der Waals surface area contributed by atoms with Gasteiger partial charge in [0.1, 0.15) is 5.38 Å². The highest BCUT2D eigenvalue weighted by Crippen LogP contribution is 2.39. The molecule has 0 spiro atoms. The molecule has 0 aliphatic heterocycles. The van der Waals surface area contributed by atoms with E-state index in [4.69, 9.17) is 0 Å². The van der Waals surface area contributed by atoms with Crippen LogP contribution in [0.4, 0.5) is 22.0 Å². The van der Waals surface area contributed by atoms with E-state index in [0.717, 1.165) is 0 Å². The van der Waals surface area contributed by atoms with E-state index in [2.05, 4.69) is 34.8 Å². The Morgan fingerprint density at radius 3 is 1.25 bits per heavy atom. The molecule has 0 saturated heterocycles. The smallest absolute Gasteiger partial charge is 0.186 e. The SMILES string of the molecule is FC(F)(F)C(Cl)C(Cl)C(F)(F)Cl. The topological polar surface area (TPSA) is 0 Å². The molecule has 0 aromatic rings. The maximum atomic E-state index is 11.9. The maximum Gasteiger partial charge on any atom is 0.406 e. The van der Waals surface area contributed by atoms with E-state index in [1.807, 2.05) is 0 Å². The molecule has 0 rings (SSSR count). The minimum Gasteiger partial charge on any atom is -0.186 e. The molecule has 0 aromatic carbocycles. The van der Waals surface area contributed by atoms with Crippen molar-refractivity contribution in [1.82, 2.24) is 0 Å². The molecule has 0 N–H and O–H groups in total. The van der Waals surface area contributed by atoms with Gasteiger partial charge in [-0.15, -0.1) is 23.2 Å². The van der Waals surface area contributed by atoms with Gasteiger partial charge in [0.2, 0.25) is 0 Å². The lowest BCUT2D eigenvalue weighted by molar-refractivity contribution is -0.138. The summed E-state index contributed by atoms with van der Waals surface area (Å²) in [7, 11) is 0. The third-order valence-electron chi connectivity index (χ3n) is 0.882. The van der Waals surface area contributed by atoms with Gasteiger partial charge in [0.05, 0.1) is 0 Å². The first kappa shape index (κ1) is 12.5. The fourth-order valence-corrected chi connectivity index (χ4v) is 0.823. The summed E-state index contributed by atoms with van der Waals surface area (Å²) in [6.45, 7) is 0. The second kappa shape index (κ2) is 3.72. The molecule has 0 bridgehead atoms. The number of alkyl halides is 8. The van der Waals surface area contributed by atoms with Gasteiger partial charge in [0, 0.05) is 0 Å². The molecule has 74 valence electrons. The second-order valence-corrected chi connectivity index (χ2v) is 3.33. The third-order valence-corrected chi connectivity index (χ3v) is 2.38. The first-order chi connectivity index (χ1) is 5.07. The lowest BCUT2D eigenvalue weighted by Crippen LogP contribution is -2.40. The van der Waals surface area contributed by atoms with E-state index in [-0.39, 0.29) is 0 Å². The quantitative estimate of drug-likeness (QED) is 0.520. The first-order valence-electron chi connectivity index (χ1n) is 2.48. The fourth-order valence-electron chi connectivity index (χ4n) is 0.332. The van der Waals surface area contributed by atoms with Gasteiger partial charge in [0.15, 0.2) is 5.38 Å². The fraction of sp³-hybridized carbons (Fsp3) is 1.00. The van der Waals surface area contributed by atoms with Crippen molar-refractivity contribution in [3.63, 3.8) is 0 Å². The highest BCUT2D eigenvalue weighted by Gasteiger charge is 2.52. The molecule has 8 heteroatoms. The molecule has 0 fully saturated rings. The van der Waals surface area contributed by atoms with Gasteiger partial charge in [-0.3, -0.25) is 0 Å². The normalized spacial score (nSPS) is 19.0. The van der Waals surface area contributed by atoms with Crippen LogP contribution in [0.1, 0.15) is 0 Å². The molecule has 2 unspecified atom stereocenters. The van der Waals surface area contributed by atoms with Gasteiger partial charge in [0.25, 0.3) is 0 Å². The molecule has 0 nitrogen and oxygen atoms in total. The van der Waals surface area contributed by atoms with Crippen molar-refractivity contribution in [2.45, 2.75) is 22.3 Å². The molecule has 0 heterocycles. The van der Waals surface area contributed by atoms with Crippen molar-refractivity contribution in [2.24, 2.45) is 0 Å². The van der Waals surface area contributed by atoms with Crippen LogP contribution >= 0.6 is 34.8 Å². The molecular weight excluding hydrogens is 249 g/mol. The van der Waals surface area contributed by atoms with Crippen molar-refractivity contribution in [1.29, 1.82) is 0 Å². The van der Waals surface area contributed by atoms with E-state index >= 15 is 0 Å². The molecule has 0 aromatic heterocycles. The average molecular weight is 251 g/mol. The summed E-state index contributed by atoms with van der Waals surface area (Å²) in [5.74, 6) is 0. The van der Waals surface area contributed by atoms with E-state index in [0.29, 0.717) is 0 Å². The van der Waals surface area contributed by atoms with Gasteiger partial charge < -0.3 is 0 Å². The molecule has 0 aliphatic carbocycles. The van der Waals surface area contributed by atoms with Gasteiger partial charge in [-0.25, -0.2) is 0 Å². The van der Waals surface area contributed by atoms with Crippen LogP contribution in [0.15, 0.2) is 0 Å². The Hall–Kier alpha value is 0.520. The van der Waals surface area contributed by atoms with E-state index in [9.17, 15) is 22.0 Å². The van der Waals surface area contributed by atoms with Gasteiger partial charge in [-0.05, 0) is 11.6 Å². The largest absolute Gasteiger partial charge is 0.406 e. The zero-order valence-electron chi connectivity index (χ0n) is 5.18. The summed E-state index contributed by atoms with van der Waals surface area (Å²) in [6, 6.07) is 0. The Morgan fingerprint density at radius 1 is 0.833 bits per heavy atom. The monoisotopic (exact) mass is 250 g/mol. The van der Waals surface area contributed by atoms with Gasteiger partial charge >= 0.3 is 11.6 Å². The lowest BCUT2D eigenvalue weighted by Gasteiger charge is -2.21. The Morgan fingerprint density at radius 2 is 1.17 bits per heavy atom. The first-order valence-corrected chi connectivity index (χ1v) is 3.73. The van der Waals surface area contributed by atoms with Crippen molar-refractivity contribution >= 4 is 34.8 Å². The number of hydrogen-bond acceptors (Lipinski definition) is 0. The summed E-state index contributed by atoms with van der Waals surface area (Å²) >= 11 is 13.5. The standard InChI is InChI=1S/C4H2Cl3F5/c5-1(3(7,8)9)2(6)4(10,11)12/h1-2H. The Balaban J connectivity index is 4.41. The van der Waals surface area contributed by atoms with Crippen molar-refractivity contribution in [2.75, 3.05) is 0 Å². The van der Waals surface area contributed by atoms with E-state index in [1.54, 1.807) is 0 Å². The van der Waals surface area contributed by atoms with Crippen LogP contribution in [0.2, 0.25) is 0 Å². The van der Waals surface area contributed by atoms with Crippen LogP contribution in [0.3, 0.4) is 0 Å². The molecule has 12 heavy (non-hydrogen) atoms. The highest BCUT2D eigenvalue weighted by atomic mass is 35.5. The Kier molecular flexibility index (Phi) is 3.88. The van der Waals surface area contributed by atoms with Crippen molar-refractivity contribution in [3.05, 3.63) is 0 Å². The highest BCUT2D eigenvalue weighted by molar-refractivity contribution is 6.35. The maximum absolute atomic E-state index is 11.9. The lowest BCUT2D eigenvalue weighted by atomic mass is 10.3. The zero-order valence-corrected chi connectivity index (χ0v) is 7.45. The predicted octanol–water partition coefficient (Wildman–Crippen LogP) is 3.60. The van der Waals surface area contributed by atoms with Crippen molar-refractivity contribution < 1.29 is 22.0 Å². The minimum absolute atomic E-state index is 2.68. The van der Waals surface area contributed by atoms with E-state index < -0.39 is 22.3 Å². The average Bonchev–Trinajstić information content (AvgIpc) is 1.80. The number of halogens is 8. The molecule has 0 radical (unpaired) electrons. The number of hydrogen-bond donors (Lipinski definition) is 0. The molecule has 2 atom stereocenters. The molecule has 0 saturated carbocycles. The summed E-state index contributed by atoms with van der Waals surface area (Å²) in [4.78, 5) is 0. The van der Waals surface area contributed by atoms with Crippen LogP contribution in [0.25, 0.3) is 0 Å². The summed E-state index contributed by atoms with van der Waals surface area (Å²) < 4.78 is 58.8. The third kappa shape index (κ3) is 3.49. The van der Waals surface area contributed by atoms with Crippen LogP contribution in [-0.4, -0.2) is 22.3 Å². The minimum atomic E-state index is -4.99. The summed E-state index contributed by atoms with van der Waals surface area (Å²) in [6.07, 6.45) is -4.99. The van der Waals surface area contributed by atoms with Crippen LogP contribution in [-0.2, 0) is 0 Å². The van der Waals surface area contributed by atoms with Crippen molar-refractivity contribution in [3.8, 4) is 0 Å². The molecule has 0 amide bonds. The summed E-state index contributed by atoms with van der Waals surface area (Å²) in [5, 5.41) is -9.73. The van der Waals surface area contributed by atoms with Gasteiger partial charge in [-0.1, -0.05) is 0 Å².